The van der Waals surface area contributed by atoms with Gasteiger partial charge in [0, 0.05) is 42.5 Å². The Morgan fingerprint density at radius 2 is 2.00 bits per heavy atom. The molecule has 1 amide bonds. The zero-order valence-corrected chi connectivity index (χ0v) is 17.8. The number of nitrogens with two attached hydrogens (primary N) is 1. The molecule has 0 radical (unpaired) electrons. The van der Waals surface area contributed by atoms with Gasteiger partial charge in [0.25, 0.3) is 11.8 Å². The number of pyridine rings is 1. The van der Waals surface area contributed by atoms with Gasteiger partial charge in [-0.1, -0.05) is 41.9 Å². The molecular formula is C23H19ClF2N2O4. The lowest BCUT2D eigenvalue weighted by Crippen LogP contribution is -2.16. The zero-order valence-electron chi connectivity index (χ0n) is 17.0. The first-order chi connectivity index (χ1) is 15.4. The Labute approximate surface area is 187 Å². The van der Waals surface area contributed by atoms with Gasteiger partial charge in [-0.15, -0.1) is 0 Å². The van der Waals surface area contributed by atoms with Crippen molar-refractivity contribution in [2.75, 3.05) is 20.3 Å². The van der Waals surface area contributed by atoms with E-state index in [0.29, 0.717) is 5.56 Å². The molecule has 1 unspecified atom stereocenters. The first-order valence-electron chi connectivity index (χ1n) is 9.75. The number of carbonyl (C=O) groups excluding carboxylic acids is 1. The third kappa shape index (κ3) is 3.99. The lowest BCUT2D eigenvalue weighted by molar-refractivity contribution is 0.0999. The number of hydrogen-bond acceptors (Lipinski definition) is 5. The van der Waals surface area contributed by atoms with Crippen LogP contribution in [-0.4, -0.2) is 31.2 Å². The van der Waals surface area contributed by atoms with Gasteiger partial charge in [0.05, 0.1) is 17.2 Å². The van der Waals surface area contributed by atoms with Crippen LogP contribution in [-0.2, 0) is 11.2 Å². The number of primary amides is 1. The molecule has 0 fully saturated rings. The van der Waals surface area contributed by atoms with E-state index in [-0.39, 0.29) is 53.0 Å². The monoisotopic (exact) mass is 460 g/mol. The van der Waals surface area contributed by atoms with Gasteiger partial charge in [0.1, 0.15) is 24.3 Å². The van der Waals surface area contributed by atoms with Crippen molar-refractivity contribution in [3.63, 3.8) is 0 Å². The Kier molecular flexibility index (Phi) is 6.25. The molecule has 1 atom stereocenters. The fourth-order valence-corrected chi connectivity index (χ4v) is 3.93. The molecule has 32 heavy (non-hydrogen) atoms. The third-order valence-electron chi connectivity index (χ3n) is 5.15. The lowest BCUT2D eigenvalue weighted by Gasteiger charge is -2.16. The second kappa shape index (κ2) is 9.10. The van der Waals surface area contributed by atoms with Crippen LogP contribution in [0.2, 0.25) is 5.02 Å². The molecule has 4 rings (SSSR count). The van der Waals surface area contributed by atoms with Crippen LogP contribution < -0.4 is 15.2 Å². The van der Waals surface area contributed by atoms with Gasteiger partial charge in [-0.2, -0.15) is 0 Å². The minimum Gasteiger partial charge on any atom is -0.485 e. The summed E-state index contributed by atoms with van der Waals surface area (Å²) in [4.78, 5) is 15.9. The molecule has 1 aromatic heterocycles. The predicted octanol–water partition coefficient (Wildman–Crippen LogP) is 4.48. The molecule has 166 valence electrons. The molecule has 2 N–H and O–H groups in total. The maximum absolute atomic E-state index is 15.5. The topological polar surface area (TPSA) is 83.7 Å². The smallest absolute Gasteiger partial charge is 0.251 e. The fraction of sp³-hybridized carbons (Fsp3) is 0.217. The molecule has 1 aliphatic heterocycles. The van der Waals surface area contributed by atoms with Gasteiger partial charge in [0.15, 0.2) is 5.82 Å². The number of ether oxygens (including phenoxy) is 3. The molecule has 0 spiro atoms. The molecule has 0 aliphatic carbocycles. The van der Waals surface area contributed by atoms with E-state index in [9.17, 15) is 9.18 Å². The van der Waals surface area contributed by atoms with Crippen molar-refractivity contribution in [2.45, 2.75) is 12.5 Å². The predicted molar refractivity (Wildman–Crippen MR) is 114 cm³/mol. The van der Waals surface area contributed by atoms with Crippen LogP contribution >= 0.6 is 11.6 Å². The Morgan fingerprint density at radius 3 is 2.69 bits per heavy atom. The summed E-state index contributed by atoms with van der Waals surface area (Å²) in [6.45, 7) is 0.209. The van der Waals surface area contributed by atoms with Crippen molar-refractivity contribution in [3.8, 4) is 22.8 Å². The van der Waals surface area contributed by atoms with Gasteiger partial charge >= 0.3 is 0 Å². The number of aromatic nitrogens is 1. The molecule has 6 nitrogen and oxygen atoms in total. The molecular weight excluding hydrogens is 442 g/mol. The minimum atomic E-state index is -0.977. The molecule has 9 heteroatoms. The van der Waals surface area contributed by atoms with Crippen molar-refractivity contribution in [2.24, 2.45) is 5.73 Å². The van der Waals surface area contributed by atoms with E-state index in [2.05, 4.69) is 4.98 Å². The first kappa shape index (κ1) is 22.0. The maximum atomic E-state index is 15.5. The van der Waals surface area contributed by atoms with Crippen molar-refractivity contribution in [1.82, 2.24) is 4.98 Å². The number of benzene rings is 2. The summed E-state index contributed by atoms with van der Waals surface area (Å²) in [7, 11) is 1.47. The van der Waals surface area contributed by atoms with E-state index in [0.717, 1.165) is 17.8 Å². The van der Waals surface area contributed by atoms with E-state index in [1.165, 1.54) is 7.11 Å². The first-order valence-corrected chi connectivity index (χ1v) is 10.1. The molecule has 3 aromatic rings. The number of halogens is 3. The minimum absolute atomic E-state index is 0.00890. The largest absolute Gasteiger partial charge is 0.485 e. The number of methoxy groups -OCH3 is 1. The van der Waals surface area contributed by atoms with E-state index in [1.807, 2.05) is 30.3 Å². The molecule has 2 heterocycles. The van der Waals surface area contributed by atoms with Crippen LogP contribution in [0.4, 0.5) is 8.78 Å². The highest BCUT2D eigenvalue weighted by molar-refractivity contribution is 6.34. The van der Waals surface area contributed by atoms with Crippen LogP contribution in [0.15, 0.2) is 42.6 Å². The van der Waals surface area contributed by atoms with Crippen LogP contribution in [0.1, 0.15) is 27.6 Å². The van der Waals surface area contributed by atoms with Gasteiger partial charge in [-0.05, 0) is 5.56 Å². The molecule has 0 saturated heterocycles. The number of hydrogen-bond donors (Lipinski definition) is 1. The van der Waals surface area contributed by atoms with Crippen LogP contribution in [0, 0.1) is 11.6 Å². The normalized spacial score (nSPS) is 14.7. The van der Waals surface area contributed by atoms with Crippen molar-refractivity contribution in [1.29, 1.82) is 0 Å². The highest BCUT2D eigenvalue weighted by atomic mass is 35.5. The maximum Gasteiger partial charge on any atom is 0.251 e. The van der Waals surface area contributed by atoms with E-state index >= 15 is 4.39 Å². The van der Waals surface area contributed by atoms with E-state index < -0.39 is 23.6 Å². The Morgan fingerprint density at radius 1 is 1.25 bits per heavy atom. The van der Waals surface area contributed by atoms with Crippen LogP contribution in [0.5, 0.6) is 11.6 Å². The molecule has 2 aromatic carbocycles. The molecule has 0 saturated carbocycles. The number of fused-ring (bicyclic) bond motifs is 1. The fourth-order valence-electron chi connectivity index (χ4n) is 3.67. The third-order valence-corrected chi connectivity index (χ3v) is 5.52. The van der Waals surface area contributed by atoms with Crippen LogP contribution in [0.3, 0.4) is 0 Å². The SMILES string of the molecule is COCCOc1ncc(C(N)=O)c(-c2c(Cl)c(F)cc3c2CC(c2ccccc2)O3)c1F. The van der Waals surface area contributed by atoms with Crippen molar-refractivity contribution in [3.05, 3.63) is 75.9 Å². The number of carbonyl (C=O) groups is 1. The van der Waals surface area contributed by atoms with Crippen molar-refractivity contribution >= 4 is 17.5 Å². The lowest BCUT2D eigenvalue weighted by atomic mass is 9.92. The van der Waals surface area contributed by atoms with Crippen molar-refractivity contribution < 1.29 is 27.8 Å². The number of rotatable bonds is 7. The summed E-state index contributed by atoms with van der Waals surface area (Å²) < 4.78 is 46.5. The number of amides is 1. The second-order valence-corrected chi connectivity index (χ2v) is 7.49. The highest BCUT2D eigenvalue weighted by Gasteiger charge is 2.33. The average molecular weight is 461 g/mol. The van der Waals surface area contributed by atoms with Gasteiger partial charge < -0.3 is 19.9 Å². The van der Waals surface area contributed by atoms with Gasteiger partial charge in [-0.3, -0.25) is 4.79 Å². The summed E-state index contributed by atoms with van der Waals surface area (Å²) >= 11 is 6.30. The molecule has 0 bridgehead atoms. The standard InChI is InChI=1S/C23H19ClF2N2O4/c1-30-7-8-31-23-21(26)19(14(11-28-23)22(27)29)18-13-9-16(12-5-3-2-4-6-12)32-17(13)10-15(25)20(18)24/h2-6,10-11,16H,7-9H2,1H3,(H2,27,29). The van der Waals surface area contributed by atoms with Gasteiger partial charge in [-0.25, -0.2) is 13.8 Å². The summed E-state index contributed by atoms with van der Waals surface area (Å²) in [5.74, 6) is -2.90. The van der Waals surface area contributed by atoms with E-state index in [4.69, 9.17) is 31.5 Å². The highest BCUT2D eigenvalue weighted by Crippen LogP contribution is 2.48. The Balaban J connectivity index is 1.88. The second-order valence-electron chi connectivity index (χ2n) is 7.12. The van der Waals surface area contributed by atoms with E-state index in [1.54, 1.807) is 0 Å². The molecule has 1 aliphatic rings. The van der Waals surface area contributed by atoms with Gasteiger partial charge in [0.2, 0.25) is 0 Å². The average Bonchev–Trinajstić information content (AvgIpc) is 3.20. The quantitative estimate of drug-likeness (QED) is 0.525. The summed E-state index contributed by atoms with van der Waals surface area (Å²) in [6.07, 6.45) is 0.942. The number of nitrogens with zero attached hydrogens (tertiary/aromatic N) is 1. The Bertz CT molecular complexity index is 1170. The summed E-state index contributed by atoms with van der Waals surface area (Å²) in [5.41, 5.74) is 6.25. The summed E-state index contributed by atoms with van der Waals surface area (Å²) in [5, 5.41) is -0.350. The summed E-state index contributed by atoms with van der Waals surface area (Å²) in [6, 6.07) is 10.5. The van der Waals surface area contributed by atoms with Crippen LogP contribution in [0.25, 0.3) is 11.1 Å². The Hall–Kier alpha value is -3.23. The zero-order chi connectivity index (χ0) is 22.8.